The standard InChI is InChI=1S/C26H36N2O3.2ClH/c1-21(26(30)22-10-4-2-5-11-22)27-15-14-25(29)23-12-8-13-24(20-23)31-19-9-18-28-16-6-3-7-17-28;;/h2,4-5,8,10-13,20-21,26-27,30H,3,6-7,9,14-19H2,1H3;2*1H. The van der Waals surface area contributed by atoms with E-state index >= 15 is 0 Å². The van der Waals surface area contributed by atoms with Crippen molar-refractivity contribution < 1.29 is 49.7 Å². The Morgan fingerprint density at radius 3 is 2.52 bits per heavy atom. The second-order valence-corrected chi connectivity index (χ2v) is 8.70. The summed E-state index contributed by atoms with van der Waals surface area (Å²) in [5, 5.41) is 12.5. The molecule has 0 bridgehead atoms. The molecule has 184 valence electrons. The number of carbonyl (C=O) groups is 1. The Morgan fingerprint density at radius 2 is 1.79 bits per heavy atom. The smallest absolute Gasteiger partial charge is 0.168 e. The second kappa shape index (κ2) is 16.1. The van der Waals surface area contributed by atoms with Crippen molar-refractivity contribution in [1.29, 1.82) is 0 Å². The fourth-order valence-corrected chi connectivity index (χ4v) is 4.28. The SMILES string of the molecule is CC([NH2+]CCC(=O)c1cccc(OCCC[NH+]2CCCCC2)c1)C(O)c1ccccc1.[Cl-].[Cl-]. The van der Waals surface area contributed by atoms with Gasteiger partial charge in [-0.15, -0.1) is 0 Å². The van der Waals surface area contributed by atoms with Crippen LogP contribution in [0.4, 0.5) is 0 Å². The van der Waals surface area contributed by atoms with Crippen molar-refractivity contribution >= 4 is 5.78 Å². The van der Waals surface area contributed by atoms with Gasteiger partial charge in [-0.2, -0.15) is 0 Å². The third-order valence-electron chi connectivity index (χ3n) is 6.21. The van der Waals surface area contributed by atoms with Gasteiger partial charge in [0.1, 0.15) is 17.9 Å². The number of piperidine rings is 1. The molecule has 0 spiro atoms. The van der Waals surface area contributed by atoms with Crippen LogP contribution in [0.1, 0.15) is 61.1 Å². The van der Waals surface area contributed by atoms with Crippen molar-refractivity contribution in [3.05, 3.63) is 65.7 Å². The third-order valence-corrected chi connectivity index (χ3v) is 6.21. The first kappa shape index (κ1) is 29.4. The fourth-order valence-electron chi connectivity index (χ4n) is 4.28. The van der Waals surface area contributed by atoms with E-state index in [1.807, 2.05) is 66.8 Å². The van der Waals surface area contributed by atoms with Crippen LogP contribution in [-0.4, -0.2) is 49.7 Å². The van der Waals surface area contributed by atoms with Gasteiger partial charge in [0.2, 0.25) is 0 Å². The van der Waals surface area contributed by atoms with Crippen LogP contribution in [0.5, 0.6) is 5.75 Å². The van der Waals surface area contributed by atoms with E-state index in [1.54, 1.807) is 4.90 Å². The number of benzene rings is 2. The first-order valence-electron chi connectivity index (χ1n) is 11.8. The number of aliphatic hydroxyl groups excluding tert-OH is 1. The number of ketones is 1. The van der Waals surface area contributed by atoms with E-state index < -0.39 is 6.10 Å². The lowest BCUT2D eigenvalue weighted by Gasteiger charge is -2.23. The van der Waals surface area contributed by atoms with Gasteiger partial charge in [-0.05, 0) is 43.9 Å². The lowest BCUT2D eigenvalue weighted by atomic mass is 10.0. The quantitative estimate of drug-likeness (QED) is 0.206. The molecule has 3 rings (SSSR count). The molecular formula is C26H38Cl2N2O3. The summed E-state index contributed by atoms with van der Waals surface area (Å²) in [6.07, 6.45) is 5.02. The summed E-state index contributed by atoms with van der Waals surface area (Å²) < 4.78 is 5.90. The number of nitrogens with one attached hydrogen (secondary N) is 1. The van der Waals surface area contributed by atoms with Crippen molar-refractivity contribution in [3.8, 4) is 5.75 Å². The number of ether oxygens (including phenoxy) is 1. The Bertz CT molecular complexity index is 801. The van der Waals surface area contributed by atoms with E-state index in [9.17, 15) is 9.90 Å². The van der Waals surface area contributed by atoms with Crippen LogP contribution in [0.15, 0.2) is 54.6 Å². The van der Waals surface area contributed by atoms with Gasteiger partial charge in [0, 0.05) is 12.0 Å². The monoisotopic (exact) mass is 496 g/mol. The summed E-state index contributed by atoms with van der Waals surface area (Å²) >= 11 is 0. The predicted molar refractivity (Wildman–Crippen MR) is 123 cm³/mol. The van der Waals surface area contributed by atoms with Crippen LogP contribution in [0.25, 0.3) is 0 Å². The molecule has 7 heteroatoms. The Kier molecular flexibility index (Phi) is 14.3. The molecule has 1 aliphatic rings. The zero-order chi connectivity index (χ0) is 21.9. The molecule has 5 nitrogen and oxygen atoms in total. The molecule has 0 saturated carbocycles. The van der Waals surface area contributed by atoms with Gasteiger partial charge in [-0.25, -0.2) is 0 Å². The molecule has 1 saturated heterocycles. The highest BCUT2D eigenvalue weighted by molar-refractivity contribution is 5.96. The van der Waals surface area contributed by atoms with Crippen LogP contribution >= 0.6 is 0 Å². The molecular weight excluding hydrogens is 459 g/mol. The minimum atomic E-state index is -0.542. The minimum absolute atomic E-state index is 0. The van der Waals surface area contributed by atoms with Crippen molar-refractivity contribution in [3.63, 3.8) is 0 Å². The molecule has 1 heterocycles. The maximum absolute atomic E-state index is 12.6. The Hall–Kier alpha value is -1.63. The van der Waals surface area contributed by atoms with Crippen molar-refractivity contribution in [2.45, 2.75) is 51.2 Å². The molecule has 0 aliphatic carbocycles. The Labute approximate surface area is 210 Å². The maximum Gasteiger partial charge on any atom is 0.168 e. The number of rotatable bonds is 12. The molecule has 0 radical (unpaired) electrons. The van der Waals surface area contributed by atoms with Crippen LogP contribution < -0.4 is 39.8 Å². The minimum Gasteiger partial charge on any atom is -1.00 e. The van der Waals surface area contributed by atoms with Gasteiger partial charge in [0.15, 0.2) is 5.78 Å². The number of Topliss-reactive ketones (excluding diaryl/α,β-unsaturated/α-hetero) is 1. The van der Waals surface area contributed by atoms with E-state index in [1.165, 1.54) is 38.9 Å². The molecule has 4 N–H and O–H groups in total. The fraction of sp³-hybridized carbons (Fsp3) is 0.500. The Morgan fingerprint density at radius 1 is 1.06 bits per heavy atom. The zero-order valence-electron chi connectivity index (χ0n) is 19.5. The predicted octanol–water partition coefficient (Wildman–Crippen LogP) is -4.21. The average Bonchev–Trinajstić information content (AvgIpc) is 2.82. The highest BCUT2D eigenvalue weighted by Crippen LogP contribution is 2.15. The number of nitrogens with two attached hydrogens (primary N) is 1. The first-order chi connectivity index (χ1) is 15.1. The maximum atomic E-state index is 12.6. The molecule has 2 aromatic rings. The van der Waals surface area contributed by atoms with E-state index in [0.717, 1.165) is 17.7 Å². The lowest BCUT2D eigenvalue weighted by Crippen LogP contribution is -3.12. The van der Waals surface area contributed by atoms with Gasteiger partial charge in [0.05, 0.1) is 39.2 Å². The van der Waals surface area contributed by atoms with Crippen LogP contribution in [0.3, 0.4) is 0 Å². The summed E-state index contributed by atoms with van der Waals surface area (Å²) in [7, 11) is 0. The molecule has 2 aromatic carbocycles. The summed E-state index contributed by atoms with van der Waals surface area (Å²) in [4.78, 5) is 14.3. The highest BCUT2D eigenvalue weighted by Gasteiger charge is 2.19. The largest absolute Gasteiger partial charge is 1.00 e. The molecule has 2 unspecified atom stereocenters. The lowest BCUT2D eigenvalue weighted by molar-refractivity contribution is -0.905. The first-order valence-corrected chi connectivity index (χ1v) is 11.8. The summed E-state index contributed by atoms with van der Waals surface area (Å²) in [5.41, 5.74) is 1.60. The van der Waals surface area contributed by atoms with Gasteiger partial charge in [-0.1, -0.05) is 42.5 Å². The van der Waals surface area contributed by atoms with Gasteiger partial charge < -0.3 is 44.9 Å². The summed E-state index contributed by atoms with van der Waals surface area (Å²) in [6, 6.07) is 17.2. The van der Waals surface area contributed by atoms with Crippen LogP contribution in [-0.2, 0) is 0 Å². The van der Waals surface area contributed by atoms with E-state index in [2.05, 4.69) is 0 Å². The van der Waals surface area contributed by atoms with Gasteiger partial charge >= 0.3 is 0 Å². The van der Waals surface area contributed by atoms with Crippen molar-refractivity contribution in [1.82, 2.24) is 0 Å². The number of hydrogen-bond acceptors (Lipinski definition) is 3. The molecule has 1 fully saturated rings. The van der Waals surface area contributed by atoms with Gasteiger partial charge in [-0.3, -0.25) is 4.79 Å². The number of likely N-dealkylation sites (tertiary alicyclic amines) is 1. The van der Waals surface area contributed by atoms with Gasteiger partial charge in [0.25, 0.3) is 0 Å². The normalized spacial score (nSPS) is 15.6. The van der Waals surface area contributed by atoms with Crippen LogP contribution in [0.2, 0.25) is 0 Å². The number of hydrogen-bond donors (Lipinski definition) is 3. The zero-order valence-corrected chi connectivity index (χ0v) is 21.0. The molecule has 1 aliphatic heterocycles. The van der Waals surface area contributed by atoms with E-state index in [-0.39, 0.29) is 36.6 Å². The summed E-state index contributed by atoms with van der Waals surface area (Å²) in [6.45, 7) is 7.09. The number of halogens is 2. The highest BCUT2D eigenvalue weighted by atomic mass is 35.5. The number of aliphatic hydroxyl groups is 1. The average molecular weight is 498 g/mol. The number of quaternary nitrogens is 2. The summed E-state index contributed by atoms with van der Waals surface area (Å²) in [5.74, 6) is 0.886. The molecule has 0 aromatic heterocycles. The Balaban J connectivity index is 0.00000272. The topological polar surface area (TPSA) is 67.6 Å². The van der Waals surface area contributed by atoms with Crippen LogP contribution in [0, 0.1) is 0 Å². The third kappa shape index (κ3) is 10.0. The second-order valence-electron chi connectivity index (χ2n) is 8.70. The van der Waals surface area contributed by atoms with E-state index in [4.69, 9.17) is 4.74 Å². The molecule has 0 amide bonds. The number of carbonyl (C=O) groups excluding carboxylic acids is 1. The molecule has 2 atom stereocenters. The van der Waals surface area contributed by atoms with Crippen molar-refractivity contribution in [2.24, 2.45) is 0 Å². The molecule has 33 heavy (non-hydrogen) atoms. The van der Waals surface area contributed by atoms with Crippen molar-refractivity contribution in [2.75, 3.05) is 32.8 Å². The van der Waals surface area contributed by atoms with E-state index in [0.29, 0.717) is 25.1 Å².